The number of ether oxygens (including phenoxy) is 1. The Hall–Kier alpha value is -0.630. The van der Waals surface area contributed by atoms with Crippen LogP contribution in [0.4, 0.5) is 0 Å². The second-order valence-corrected chi connectivity index (χ2v) is 6.17. The predicted molar refractivity (Wildman–Crippen MR) is 88.1 cm³/mol. The van der Waals surface area contributed by atoms with Gasteiger partial charge in [0.05, 0.1) is 0 Å². The number of hydrogen-bond donors (Lipinski definition) is 0. The molecule has 0 heterocycles. The highest BCUT2D eigenvalue weighted by atomic mass is 127. The number of carbonyl (C=O) groups is 1. The van der Waals surface area contributed by atoms with Crippen LogP contribution in [0.25, 0.3) is 0 Å². The SMILES string of the molecule is O=C(COc1cccc(I)c1)c1ccc(I)cc1. The van der Waals surface area contributed by atoms with Crippen molar-refractivity contribution in [2.45, 2.75) is 0 Å². The van der Waals surface area contributed by atoms with E-state index in [-0.39, 0.29) is 12.4 Å². The summed E-state index contributed by atoms with van der Waals surface area (Å²) >= 11 is 4.42. The summed E-state index contributed by atoms with van der Waals surface area (Å²) in [6.45, 7) is 0.0701. The lowest BCUT2D eigenvalue weighted by atomic mass is 10.1. The summed E-state index contributed by atoms with van der Waals surface area (Å²) in [7, 11) is 0. The van der Waals surface area contributed by atoms with Gasteiger partial charge in [-0.05, 0) is 75.5 Å². The van der Waals surface area contributed by atoms with Crippen LogP contribution in [0, 0.1) is 7.14 Å². The molecule has 0 saturated carbocycles. The number of hydrogen-bond acceptors (Lipinski definition) is 2. The molecule has 4 heteroatoms. The zero-order chi connectivity index (χ0) is 13.0. The van der Waals surface area contributed by atoms with Gasteiger partial charge in [0.25, 0.3) is 0 Å². The van der Waals surface area contributed by atoms with Crippen LogP contribution >= 0.6 is 45.2 Å². The average molecular weight is 464 g/mol. The molecule has 0 aliphatic carbocycles. The maximum atomic E-state index is 11.9. The maximum absolute atomic E-state index is 11.9. The molecule has 0 aliphatic heterocycles. The highest BCUT2D eigenvalue weighted by Crippen LogP contribution is 2.15. The molecular formula is C14H10I2O2. The molecule has 2 nitrogen and oxygen atoms in total. The minimum absolute atomic E-state index is 0.00902. The van der Waals surface area contributed by atoms with Crippen LogP contribution in [0.3, 0.4) is 0 Å². The molecular weight excluding hydrogens is 454 g/mol. The first kappa shape index (κ1) is 13.8. The lowest BCUT2D eigenvalue weighted by Crippen LogP contribution is -2.11. The molecule has 0 fully saturated rings. The highest BCUT2D eigenvalue weighted by Gasteiger charge is 2.06. The standard InChI is InChI=1S/C14H10I2O2/c15-11-6-4-10(5-7-11)14(17)9-18-13-3-1-2-12(16)8-13/h1-8H,9H2. The molecule has 0 radical (unpaired) electrons. The van der Waals surface area contributed by atoms with E-state index >= 15 is 0 Å². The van der Waals surface area contributed by atoms with Crippen LogP contribution in [-0.2, 0) is 0 Å². The first-order valence-corrected chi connectivity index (χ1v) is 7.48. The molecule has 0 unspecified atom stereocenters. The third kappa shape index (κ3) is 3.94. The van der Waals surface area contributed by atoms with E-state index in [0.29, 0.717) is 5.56 Å². The second kappa shape index (κ2) is 6.51. The van der Waals surface area contributed by atoms with Crippen LogP contribution in [-0.4, -0.2) is 12.4 Å². The van der Waals surface area contributed by atoms with Gasteiger partial charge in [0, 0.05) is 12.7 Å². The van der Waals surface area contributed by atoms with E-state index in [1.165, 1.54) is 0 Å². The molecule has 0 atom stereocenters. The summed E-state index contributed by atoms with van der Waals surface area (Å²) in [4.78, 5) is 11.9. The van der Waals surface area contributed by atoms with E-state index in [9.17, 15) is 4.79 Å². The van der Waals surface area contributed by atoms with Gasteiger partial charge in [0.2, 0.25) is 0 Å². The number of halogens is 2. The smallest absolute Gasteiger partial charge is 0.200 e. The van der Waals surface area contributed by atoms with Crippen molar-refractivity contribution in [1.29, 1.82) is 0 Å². The Morgan fingerprint density at radius 1 is 1.00 bits per heavy atom. The zero-order valence-electron chi connectivity index (χ0n) is 9.40. The Morgan fingerprint density at radius 2 is 1.72 bits per heavy atom. The molecule has 2 aromatic carbocycles. The van der Waals surface area contributed by atoms with Gasteiger partial charge < -0.3 is 4.74 Å². The lowest BCUT2D eigenvalue weighted by Gasteiger charge is -2.06. The van der Waals surface area contributed by atoms with Crippen LogP contribution in [0.5, 0.6) is 5.75 Å². The van der Waals surface area contributed by atoms with Crippen molar-refractivity contribution in [3.05, 3.63) is 61.2 Å². The Morgan fingerprint density at radius 3 is 2.39 bits per heavy atom. The van der Waals surface area contributed by atoms with Crippen molar-refractivity contribution >= 4 is 51.0 Å². The topological polar surface area (TPSA) is 26.3 Å². The van der Waals surface area contributed by atoms with Crippen LogP contribution in [0.1, 0.15) is 10.4 Å². The van der Waals surface area contributed by atoms with Crippen molar-refractivity contribution in [3.8, 4) is 5.75 Å². The number of benzene rings is 2. The van der Waals surface area contributed by atoms with Gasteiger partial charge >= 0.3 is 0 Å². The number of rotatable bonds is 4. The minimum atomic E-state index is -0.00902. The van der Waals surface area contributed by atoms with Crippen molar-refractivity contribution in [1.82, 2.24) is 0 Å². The molecule has 18 heavy (non-hydrogen) atoms. The first-order chi connectivity index (χ1) is 8.65. The molecule has 0 N–H and O–H groups in total. The van der Waals surface area contributed by atoms with E-state index in [1.54, 1.807) is 0 Å². The Balaban J connectivity index is 1.98. The third-order valence-electron chi connectivity index (χ3n) is 2.33. The van der Waals surface area contributed by atoms with Gasteiger partial charge in [0.1, 0.15) is 5.75 Å². The summed E-state index contributed by atoms with van der Waals surface area (Å²) in [5.74, 6) is 0.714. The minimum Gasteiger partial charge on any atom is -0.485 e. The van der Waals surface area contributed by atoms with Crippen LogP contribution in [0.2, 0.25) is 0 Å². The Kier molecular flexibility index (Phi) is 4.99. The quantitative estimate of drug-likeness (QED) is 0.502. The summed E-state index contributed by atoms with van der Waals surface area (Å²) < 4.78 is 7.68. The predicted octanol–water partition coefficient (Wildman–Crippen LogP) is 4.16. The van der Waals surface area contributed by atoms with Crippen molar-refractivity contribution in [3.63, 3.8) is 0 Å². The fraction of sp³-hybridized carbons (Fsp3) is 0.0714. The van der Waals surface area contributed by atoms with Crippen molar-refractivity contribution in [2.75, 3.05) is 6.61 Å². The zero-order valence-corrected chi connectivity index (χ0v) is 13.7. The van der Waals surface area contributed by atoms with E-state index in [0.717, 1.165) is 12.9 Å². The van der Waals surface area contributed by atoms with Gasteiger partial charge in [-0.1, -0.05) is 18.2 Å². The molecule has 0 saturated heterocycles. The van der Waals surface area contributed by atoms with E-state index in [1.807, 2.05) is 48.5 Å². The lowest BCUT2D eigenvalue weighted by molar-refractivity contribution is 0.0921. The van der Waals surface area contributed by atoms with E-state index in [4.69, 9.17) is 4.74 Å². The number of carbonyl (C=O) groups excluding carboxylic acids is 1. The normalized spacial score (nSPS) is 10.1. The van der Waals surface area contributed by atoms with Gasteiger partial charge in [-0.25, -0.2) is 0 Å². The van der Waals surface area contributed by atoms with Gasteiger partial charge in [-0.3, -0.25) is 4.79 Å². The first-order valence-electron chi connectivity index (χ1n) is 5.32. The maximum Gasteiger partial charge on any atom is 0.200 e. The molecule has 2 aromatic rings. The highest BCUT2D eigenvalue weighted by molar-refractivity contribution is 14.1. The fourth-order valence-electron chi connectivity index (χ4n) is 1.42. The summed E-state index contributed by atoms with van der Waals surface area (Å²) in [6.07, 6.45) is 0. The summed E-state index contributed by atoms with van der Waals surface area (Å²) in [5, 5.41) is 0. The van der Waals surface area contributed by atoms with Crippen LogP contribution < -0.4 is 4.74 Å². The van der Waals surface area contributed by atoms with E-state index in [2.05, 4.69) is 45.2 Å². The van der Waals surface area contributed by atoms with Gasteiger partial charge in [0.15, 0.2) is 12.4 Å². The monoisotopic (exact) mass is 464 g/mol. The molecule has 0 amide bonds. The summed E-state index contributed by atoms with van der Waals surface area (Å²) in [5.41, 5.74) is 0.682. The Bertz CT molecular complexity index is 550. The molecule has 2 rings (SSSR count). The van der Waals surface area contributed by atoms with E-state index < -0.39 is 0 Å². The van der Waals surface area contributed by atoms with Crippen molar-refractivity contribution < 1.29 is 9.53 Å². The molecule has 0 aromatic heterocycles. The molecule has 0 aliphatic rings. The molecule has 0 bridgehead atoms. The summed E-state index contributed by atoms with van der Waals surface area (Å²) in [6, 6.07) is 15.1. The molecule has 92 valence electrons. The van der Waals surface area contributed by atoms with Crippen LogP contribution in [0.15, 0.2) is 48.5 Å². The average Bonchev–Trinajstić information content (AvgIpc) is 2.37. The number of Topliss-reactive ketones (excluding diaryl/α,β-unsaturated/α-hetero) is 1. The fourth-order valence-corrected chi connectivity index (χ4v) is 2.30. The largest absolute Gasteiger partial charge is 0.485 e. The van der Waals surface area contributed by atoms with Gasteiger partial charge in [-0.2, -0.15) is 0 Å². The third-order valence-corrected chi connectivity index (χ3v) is 3.72. The molecule has 0 spiro atoms. The van der Waals surface area contributed by atoms with Gasteiger partial charge in [-0.15, -0.1) is 0 Å². The number of ketones is 1. The Labute approximate surface area is 133 Å². The van der Waals surface area contributed by atoms with Crippen molar-refractivity contribution in [2.24, 2.45) is 0 Å². The second-order valence-electron chi connectivity index (χ2n) is 3.68.